The summed E-state index contributed by atoms with van der Waals surface area (Å²) in [6.07, 6.45) is 1.71. The highest BCUT2D eigenvalue weighted by Gasteiger charge is 2.15. The summed E-state index contributed by atoms with van der Waals surface area (Å²) in [7, 11) is 1.65. The summed E-state index contributed by atoms with van der Waals surface area (Å²) in [5, 5.41) is 27.0. The number of nitrogens with one attached hydrogen (secondary N) is 1. The number of methoxy groups -OCH3 is 1. The number of para-hydroxylation sites is 1. The fraction of sp³-hybridized carbons (Fsp3) is 0.0455. The van der Waals surface area contributed by atoms with E-state index in [-0.39, 0.29) is 11.5 Å². The molecule has 5 heteroatoms. The minimum Gasteiger partial charge on any atom is -0.504 e. The maximum atomic E-state index is 10.2. The topological polar surface area (TPSA) is 78.4 Å². The normalized spacial score (nSPS) is 10.7. The van der Waals surface area contributed by atoms with Crippen molar-refractivity contribution in [1.82, 2.24) is 10.2 Å². The summed E-state index contributed by atoms with van der Waals surface area (Å²) in [6, 6.07) is 20.8. The standard InChI is InChI=1S/C22H18N2O3/c1-27-17-11-9-15(10-12-17)14-5-7-16(8-6-14)19-13-23-24-21(19)18-3-2-4-20(25)22(18)26/h2-13,25-26H,1H3,(H,23,24). The van der Waals surface area contributed by atoms with Crippen LogP contribution in [0, 0.1) is 0 Å². The van der Waals surface area contributed by atoms with E-state index < -0.39 is 0 Å². The lowest BCUT2D eigenvalue weighted by Crippen LogP contribution is -1.85. The van der Waals surface area contributed by atoms with Gasteiger partial charge >= 0.3 is 0 Å². The Kier molecular flexibility index (Phi) is 4.26. The highest BCUT2D eigenvalue weighted by atomic mass is 16.5. The monoisotopic (exact) mass is 358 g/mol. The number of benzene rings is 3. The molecule has 0 fully saturated rings. The van der Waals surface area contributed by atoms with Crippen molar-refractivity contribution in [3.63, 3.8) is 0 Å². The van der Waals surface area contributed by atoms with Gasteiger partial charge in [-0.25, -0.2) is 0 Å². The number of hydrogen-bond acceptors (Lipinski definition) is 4. The molecule has 0 bridgehead atoms. The number of phenolic OH excluding ortho intramolecular Hbond substituents is 2. The van der Waals surface area contributed by atoms with Gasteiger partial charge in [0, 0.05) is 11.1 Å². The molecular weight excluding hydrogens is 340 g/mol. The lowest BCUT2D eigenvalue weighted by molar-refractivity contribution is 0.405. The Morgan fingerprint density at radius 1 is 0.778 bits per heavy atom. The van der Waals surface area contributed by atoms with Crippen molar-refractivity contribution in [3.05, 3.63) is 72.9 Å². The quantitative estimate of drug-likeness (QED) is 0.457. The van der Waals surface area contributed by atoms with Gasteiger partial charge in [-0.15, -0.1) is 0 Å². The Bertz CT molecular complexity index is 1070. The van der Waals surface area contributed by atoms with Crippen LogP contribution in [0.3, 0.4) is 0 Å². The van der Waals surface area contributed by atoms with Gasteiger partial charge in [0.2, 0.25) is 0 Å². The van der Waals surface area contributed by atoms with E-state index in [0.717, 1.165) is 28.0 Å². The van der Waals surface area contributed by atoms with E-state index in [4.69, 9.17) is 4.74 Å². The third-order valence-electron chi connectivity index (χ3n) is 4.54. The van der Waals surface area contributed by atoms with Crippen LogP contribution in [0.1, 0.15) is 0 Å². The molecule has 3 N–H and O–H groups in total. The van der Waals surface area contributed by atoms with E-state index in [1.54, 1.807) is 25.4 Å². The van der Waals surface area contributed by atoms with E-state index in [0.29, 0.717) is 11.3 Å². The lowest BCUT2D eigenvalue weighted by Gasteiger charge is -2.08. The van der Waals surface area contributed by atoms with E-state index in [1.807, 2.05) is 48.5 Å². The van der Waals surface area contributed by atoms with Crippen molar-refractivity contribution in [3.8, 4) is 50.8 Å². The first-order valence-electron chi connectivity index (χ1n) is 8.47. The molecule has 0 amide bonds. The van der Waals surface area contributed by atoms with Crippen LogP contribution in [-0.2, 0) is 0 Å². The predicted molar refractivity (Wildman–Crippen MR) is 105 cm³/mol. The van der Waals surface area contributed by atoms with Crippen molar-refractivity contribution >= 4 is 0 Å². The maximum Gasteiger partial charge on any atom is 0.167 e. The van der Waals surface area contributed by atoms with Crippen LogP contribution in [0.2, 0.25) is 0 Å². The van der Waals surface area contributed by atoms with E-state index in [2.05, 4.69) is 10.2 Å². The molecule has 1 heterocycles. The number of rotatable bonds is 4. The number of aromatic amines is 1. The minimum atomic E-state index is -0.169. The van der Waals surface area contributed by atoms with Crippen molar-refractivity contribution in [2.75, 3.05) is 7.11 Å². The number of phenols is 2. The summed E-state index contributed by atoms with van der Waals surface area (Å²) < 4.78 is 5.20. The van der Waals surface area contributed by atoms with Crippen molar-refractivity contribution < 1.29 is 14.9 Å². The lowest BCUT2D eigenvalue weighted by atomic mass is 9.98. The average Bonchev–Trinajstić information content (AvgIpc) is 3.20. The van der Waals surface area contributed by atoms with E-state index >= 15 is 0 Å². The number of H-pyrrole nitrogens is 1. The molecule has 0 unspecified atom stereocenters. The molecule has 1 aromatic heterocycles. The van der Waals surface area contributed by atoms with Crippen molar-refractivity contribution in [2.24, 2.45) is 0 Å². The highest BCUT2D eigenvalue weighted by Crippen LogP contribution is 2.39. The molecule has 0 radical (unpaired) electrons. The summed E-state index contributed by atoms with van der Waals surface area (Å²) in [5.74, 6) is 0.491. The zero-order valence-corrected chi connectivity index (χ0v) is 14.7. The Morgan fingerprint density at radius 2 is 1.41 bits per heavy atom. The predicted octanol–water partition coefficient (Wildman–Crippen LogP) is 4.83. The van der Waals surface area contributed by atoms with Gasteiger partial charge in [-0.05, 0) is 41.0 Å². The van der Waals surface area contributed by atoms with Crippen LogP contribution in [0.4, 0.5) is 0 Å². The number of aromatic hydroxyl groups is 2. The Hall–Kier alpha value is -3.73. The Morgan fingerprint density at radius 3 is 2.07 bits per heavy atom. The summed E-state index contributed by atoms with van der Waals surface area (Å²) >= 11 is 0. The van der Waals surface area contributed by atoms with Crippen LogP contribution < -0.4 is 4.74 Å². The smallest absolute Gasteiger partial charge is 0.167 e. The molecule has 0 saturated heterocycles. The number of hydrogen-bond donors (Lipinski definition) is 3. The molecule has 4 rings (SSSR count). The van der Waals surface area contributed by atoms with Crippen LogP contribution in [0.5, 0.6) is 17.2 Å². The van der Waals surface area contributed by atoms with Crippen molar-refractivity contribution in [1.29, 1.82) is 0 Å². The first kappa shape index (κ1) is 16.7. The fourth-order valence-corrected chi connectivity index (χ4v) is 3.07. The fourth-order valence-electron chi connectivity index (χ4n) is 3.07. The van der Waals surface area contributed by atoms with Crippen LogP contribution in [-0.4, -0.2) is 27.5 Å². The first-order valence-corrected chi connectivity index (χ1v) is 8.47. The largest absolute Gasteiger partial charge is 0.504 e. The SMILES string of the molecule is COc1ccc(-c2ccc(-c3cn[nH]c3-c3cccc(O)c3O)cc2)cc1. The zero-order valence-electron chi connectivity index (χ0n) is 14.7. The van der Waals surface area contributed by atoms with E-state index in [9.17, 15) is 10.2 Å². The van der Waals surface area contributed by atoms with Crippen molar-refractivity contribution in [2.45, 2.75) is 0 Å². The molecule has 0 aliphatic carbocycles. The number of nitrogens with zero attached hydrogens (tertiary/aromatic N) is 1. The van der Waals surface area contributed by atoms with Crippen LogP contribution in [0.15, 0.2) is 72.9 Å². The molecule has 3 aromatic carbocycles. The van der Waals surface area contributed by atoms with E-state index in [1.165, 1.54) is 6.07 Å². The summed E-state index contributed by atoms with van der Waals surface area (Å²) in [4.78, 5) is 0. The average molecular weight is 358 g/mol. The molecule has 0 saturated carbocycles. The molecule has 0 aliphatic rings. The maximum absolute atomic E-state index is 10.2. The molecule has 0 aliphatic heterocycles. The molecule has 0 atom stereocenters. The van der Waals surface area contributed by atoms with Gasteiger partial charge in [-0.1, -0.05) is 42.5 Å². The molecule has 27 heavy (non-hydrogen) atoms. The third-order valence-corrected chi connectivity index (χ3v) is 4.54. The Balaban J connectivity index is 1.69. The minimum absolute atomic E-state index is 0.164. The first-order chi connectivity index (χ1) is 13.2. The van der Waals surface area contributed by atoms with Gasteiger partial charge in [0.15, 0.2) is 11.5 Å². The van der Waals surface area contributed by atoms with Crippen LogP contribution >= 0.6 is 0 Å². The molecule has 5 nitrogen and oxygen atoms in total. The van der Waals surface area contributed by atoms with Gasteiger partial charge in [0.05, 0.1) is 19.0 Å². The Labute approximate surface area is 156 Å². The number of aromatic nitrogens is 2. The molecule has 0 spiro atoms. The molecular formula is C22H18N2O3. The van der Waals surface area contributed by atoms with Gasteiger partial charge in [-0.3, -0.25) is 5.10 Å². The second-order valence-electron chi connectivity index (χ2n) is 6.14. The molecule has 4 aromatic rings. The zero-order chi connectivity index (χ0) is 18.8. The van der Waals surface area contributed by atoms with Gasteiger partial charge in [0.1, 0.15) is 5.75 Å². The van der Waals surface area contributed by atoms with Crippen LogP contribution in [0.25, 0.3) is 33.5 Å². The van der Waals surface area contributed by atoms with Gasteiger partial charge < -0.3 is 14.9 Å². The van der Waals surface area contributed by atoms with Gasteiger partial charge in [0.25, 0.3) is 0 Å². The number of ether oxygens (including phenoxy) is 1. The second-order valence-corrected chi connectivity index (χ2v) is 6.14. The second kappa shape index (κ2) is 6.88. The highest BCUT2D eigenvalue weighted by molar-refractivity contribution is 5.84. The third kappa shape index (κ3) is 3.11. The summed E-state index contributed by atoms with van der Waals surface area (Å²) in [6.45, 7) is 0. The summed E-state index contributed by atoms with van der Waals surface area (Å²) in [5.41, 5.74) is 5.14. The van der Waals surface area contributed by atoms with Gasteiger partial charge in [-0.2, -0.15) is 5.10 Å². The molecule has 134 valence electrons.